The third-order valence-electron chi connectivity index (χ3n) is 4.41. The second kappa shape index (κ2) is 6.76. The molecular weight excluding hydrogens is 338 g/mol. The van der Waals surface area contributed by atoms with Crippen LogP contribution in [-0.4, -0.2) is 62.8 Å². The first-order chi connectivity index (χ1) is 11.0. The summed E-state index contributed by atoms with van der Waals surface area (Å²) >= 11 is 6.02. The normalized spacial score (nSPS) is 23.2. The molecule has 1 N–H and O–H groups in total. The van der Waals surface area contributed by atoms with Crippen molar-refractivity contribution >= 4 is 27.5 Å². The minimum Gasteiger partial charge on any atom is -0.340 e. The Labute approximate surface area is 141 Å². The second-order valence-corrected chi connectivity index (χ2v) is 8.16. The Bertz CT molecular complexity index is 681. The van der Waals surface area contributed by atoms with E-state index in [-0.39, 0.29) is 21.7 Å². The molecule has 8 heteroatoms. The number of nitrogens with one attached hydrogen (secondary N) is 1. The van der Waals surface area contributed by atoms with Crippen LogP contribution in [0.5, 0.6) is 0 Å². The molecule has 3 rings (SSSR count). The first kappa shape index (κ1) is 16.7. The summed E-state index contributed by atoms with van der Waals surface area (Å²) in [6.07, 6.45) is 0.858. The number of hydrogen-bond acceptors (Lipinski definition) is 4. The molecule has 1 amide bonds. The number of rotatable bonds is 3. The SMILES string of the molecule is O=C(C1CCNC1)N1CCN(S(=O)(=O)c2ccccc2Cl)CC1. The van der Waals surface area contributed by atoms with E-state index in [0.717, 1.165) is 19.5 Å². The molecule has 1 unspecified atom stereocenters. The zero-order valence-corrected chi connectivity index (χ0v) is 14.3. The molecule has 2 aliphatic rings. The molecule has 0 saturated carbocycles. The predicted octanol–water partition coefficient (Wildman–Crippen LogP) is 0.782. The summed E-state index contributed by atoms with van der Waals surface area (Å²) in [7, 11) is -3.61. The van der Waals surface area contributed by atoms with Crippen LogP contribution in [0.15, 0.2) is 29.2 Å². The average Bonchev–Trinajstić information content (AvgIpc) is 3.09. The Morgan fingerprint density at radius 3 is 2.48 bits per heavy atom. The quantitative estimate of drug-likeness (QED) is 0.868. The van der Waals surface area contributed by atoms with Crippen LogP contribution in [0.25, 0.3) is 0 Å². The van der Waals surface area contributed by atoms with Crippen molar-refractivity contribution in [1.82, 2.24) is 14.5 Å². The number of carbonyl (C=O) groups is 1. The predicted molar refractivity (Wildman–Crippen MR) is 87.8 cm³/mol. The summed E-state index contributed by atoms with van der Waals surface area (Å²) in [5.74, 6) is 0.159. The lowest BCUT2D eigenvalue weighted by Crippen LogP contribution is -2.52. The highest BCUT2D eigenvalue weighted by atomic mass is 35.5. The van der Waals surface area contributed by atoms with Crippen LogP contribution >= 0.6 is 11.6 Å². The highest BCUT2D eigenvalue weighted by Crippen LogP contribution is 2.25. The number of benzene rings is 1. The Kier molecular flexibility index (Phi) is 4.91. The minimum absolute atomic E-state index is 0.0294. The molecule has 0 aliphatic carbocycles. The van der Waals surface area contributed by atoms with Gasteiger partial charge < -0.3 is 10.2 Å². The van der Waals surface area contributed by atoms with Crippen molar-refractivity contribution in [1.29, 1.82) is 0 Å². The topological polar surface area (TPSA) is 69.7 Å². The van der Waals surface area contributed by atoms with Crippen molar-refractivity contribution in [2.24, 2.45) is 5.92 Å². The van der Waals surface area contributed by atoms with Crippen molar-refractivity contribution < 1.29 is 13.2 Å². The first-order valence-electron chi connectivity index (χ1n) is 7.74. The van der Waals surface area contributed by atoms with E-state index in [1.54, 1.807) is 23.1 Å². The molecule has 2 saturated heterocycles. The third kappa shape index (κ3) is 3.38. The van der Waals surface area contributed by atoms with Gasteiger partial charge >= 0.3 is 0 Å². The maximum atomic E-state index is 12.7. The molecule has 2 fully saturated rings. The second-order valence-electron chi connectivity index (χ2n) is 5.85. The van der Waals surface area contributed by atoms with Gasteiger partial charge in [-0.05, 0) is 25.1 Å². The summed E-state index contributed by atoms with van der Waals surface area (Å²) < 4.78 is 26.7. The number of amides is 1. The van der Waals surface area contributed by atoms with Gasteiger partial charge in [0.05, 0.1) is 10.9 Å². The summed E-state index contributed by atoms with van der Waals surface area (Å²) in [4.78, 5) is 14.3. The molecule has 0 spiro atoms. The minimum atomic E-state index is -3.61. The number of carbonyl (C=O) groups excluding carboxylic acids is 1. The van der Waals surface area contributed by atoms with Crippen LogP contribution in [0.2, 0.25) is 5.02 Å². The fourth-order valence-electron chi connectivity index (χ4n) is 3.07. The van der Waals surface area contributed by atoms with Gasteiger partial charge in [-0.1, -0.05) is 23.7 Å². The number of nitrogens with zero attached hydrogens (tertiary/aromatic N) is 2. The van der Waals surface area contributed by atoms with Gasteiger partial charge in [-0.15, -0.1) is 0 Å². The van der Waals surface area contributed by atoms with Crippen molar-refractivity contribution in [3.8, 4) is 0 Å². The Morgan fingerprint density at radius 2 is 1.87 bits per heavy atom. The van der Waals surface area contributed by atoms with Crippen LogP contribution in [0, 0.1) is 5.92 Å². The van der Waals surface area contributed by atoms with Crippen LogP contribution in [0.4, 0.5) is 0 Å². The highest BCUT2D eigenvalue weighted by molar-refractivity contribution is 7.89. The standard InChI is InChI=1S/C15H20ClN3O3S/c16-13-3-1-2-4-14(13)23(21,22)19-9-7-18(8-10-19)15(20)12-5-6-17-11-12/h1-4,12,17H,5-11H2. The van der Waals surface area contributed by atoms with Crippen molar-refractivity contribution in [3.05, 3.63) is 29.3 Å². The molecule has 23 heavy (non-hydrogen) atoms. The molecule has 1 atom stereocenters. The van der Waals surface area contributed by atoms with E-state index >= 15 is 0 Å². The number of sulfonamides is 1. The molecule has 2 aliphatic heterocycles. The first-order valence-corrected chi connectivity index (χ1v) is 9.56. The van der Waals surface area contributed by atoms with Crippen molar-refractivity contribution in [2.75, 3.05) is 39.3 Å². The average molecular weight is 358 g/mol. The lowest BCUT2D eigenvalue weighted by atomic mass is 10.1. The summed E-state index contributed by atoms with van der Waals surface area (Å²) in [6.45, 7) is 3.06. The van der Waals surface area contributed by atoms with Gasteiger partial charge in [-0.25, -0.2) is 8.42 Å². The largest absolute Gasteiger partial charge is 0.340 e. The van der Waals surface area contributed by atoms with E-state index in [1.807, 2.05) is 0 Å². The van der Waals surface area contributed by atoms with Crippen LogP contribution < -0.4 is 5.32 Å². The van der Waals surface area contributed by atoms with E-state index in [0.29, 0.717) is 26.2 Å². The number of piperazine rings is 1. The van der Waals surface area contributed by atoms with Crippen LogP contribution in [-0.2, 0) is 14.8 Å². The third-order valence-corrected chi connectivity index (χ3v) is 6.81. The van der Waals surface area contributed by atoms with Gasteiger partial charge in [0.15, 0.2) is 0 Å². The lowest BCUT2D eigenvalue weighted by molar-refractivity contribution is -0.136. The van der Waals surface area contributed by atoms with Crippen LogP contribution in [0.3, 0.4) is 0 Å². The summed E-state index contributed by atoms with van der Waals surface area (Å²) in [5.41, 5.74) is 0. The summed E-state index contributed by atoms with van der Waals surface area (Å²) in [5, 5.41) is 3.41. The molecule has 0 radical (unpaired) electrons. The van der Waals surface area contributed by atoms with E-state index in [4.69, 9.17) is 11.6 Å². The molecule has 2 heterocycles. The van der Waals surface area contributed by atoms with Crippen molar-refractivity contribution in [3.63, 3.8) is 0 Å². The Morgan fingerprint density at radius 1 is 1.17 bits per heavy atom. The fraction of sp³-hybridized carbons (Fsp3) is 0.533. The van der Waals surface area contributed by atoms with Gasteiger partial charge in [0.1, 0.15) is 4.90 Å². The van der Waals surface area contributed by atoms with E-state index in [2.05, 4.69) is 5.32 Å². The van der Waals surface area contributed by atoms with Gasteiger partial charge in [0, 0.05) is 32.7 Å². The molecule has 0 aromatic heterocycles. The van der Waals surface area contributed by atoms with Gasteiger partial charge in [0.2, 0.25) is 15.9 Å². The van der Waals surface area contributed by atoms with E-state index in [9.17, 15) is 13.2 Å². The highest BCUT2D eigenvalue weighted by Gasteiger charge is 2.33. The summed E-state index contributed by atoms with van der Waals surface area (Å²) in [6, 6.07) is 6.44. The molecule has 1 aromatic rings. The van der Waals surface area contributed by atoms with Gasteiger partial charge in [-0.3, -0.25) is 4.79 Å². The van der Waals surface area contributed by atoms with E-state index < -0.39 is 10.0 Å². The molecule has 6 nitrogen and oxygen atoms in total. The molecule has 126 valence electrons. The smallest absolute Gasteiger partial charge is 0.244 e. The molecule has 0 bridgehead atoms. The Hall–Kier alpha value is -1.15. The van der Waals surface area contributed by atoms with Gasteiger partial charge in [0.25, 0.3) is 0 Å². The zero-order valence-electron chi connectivity index (χ0n) is 12.7. The maximum Gasteiger partial charge on any atom is 0.244 e. The lowest BCUT2D eigenvalue weighted by Gasteiger charge is -2.35. The van der Waals surface area contributed by atoms with Crippen molar-refractivity contribution in [2.45, 2.75) is 11.3 Å². The zero-order chi connectivity index (χ0) is 16.4. The monoisotopic (exact) mass is 357 g/mol. The molecule has 1 aromatic carbocycles. The van der Waals surface area contributed by atoms with Crippen LogP contribution in [0.1, 0.15) is 6.42 Å². The number of hydrogen-bond donors (Lipinski definition) is 1. The van der Waals surface area contributed by atoms with Gasteiger partial charge in [-0.2, -0.15) is 4.31 Å². The van der Waals surface area contributed by atoms with E-state index in [1.165, 1.54) is 10.4 Å². The Balaban J connectivity index is 1.66. The number of halogens is 1. The fourth-order valence-corrected chi connectivity index (χ4v) is 4.98. The maximum absolute atomic E-state index is 12.7. The molecular formula is C15H20ClN3O3S.